The van der Waals surface area contributed by atoms with Crippen molar-refractivity contribution in [3.8, 4) is 0 Å². The first-order valence-corrected chi connectivity index (χ1v) is 8.05. The molecule has 96 valence electrons. The lowest BCUT2D eigenvalue weighted by Crippen LogP contribution is -2.31. The maximum Gasteiger partial charge on any atom is 0.252 e. The smallest absolute Gasteiger partial charge is 0.252 e. The van der Waals surface area contributed by atoms with Gasteiger partial charge in [0.05, 0.1) is 0 Å². The topological polar surface area (TPSA) is 63.4 Å². The minimum absolute atomic E-state index is 0.0459. The van der Waals surface area contributed by atoms with Gasteiger partial charge in [-0.2, -0.15) is 4.31 Å². The molecule has 0 aromatic carbocycles. The van der Waals surface area contributed by atoms with Crippen molar-refractivity contribution >= 4 is 21.4 Å². The van der Waals surface area contributed by atoms with Crippen molar-refractivity contribution in [3.05, 3.63) is 17.0 Å². The predicted molar refractivity (Wildman–Crippen MR) is 69.6 cm³/mol. The molecule has 1 aromatic rings. The van der Waals surface area contributed by atoms with E-state index < -0.39 is 10.0 Å². The molecule has 0 bridgehead atoms. The van der Waals surface area contributed by atoms with Crippen LogP contribution < -0.4 is 5.73 Å². The van der Waals surface area contributed by atoms with Crippen molar-refractivity contribution in [1.82, 2.24) is 4.31 Å². The predicted octanol–water partition coefficient (Wildman–Crippen LogP) is 1.28. The van der Waals surface area contributed by atoms with Crippen molar-refractivity contribution in [2.45, 2.75) is 30.5 Å². The minimum atomic E-state index is -3.32. The summed E-state index contributed by atoms with van der Waals surface area (Å²) in [6.07, 6.45) is 0.871. The fourth-order valence-electron chi connectivity index (χ4n) is 1.96. The third kappa shape index (κ3) is 2.40. The van der Waals surface area contributed by atoms with E-state index in [0.717, 1.165) is 11.3 Å². The Balaban J connectivity index is 2.25. The first kappa shape index (κ1) is 13.0. The van der Waals surface area contributed by atoms with Crippen molar-refractivity contribution < 1.29 is 8.42 Å². The van der Waals surface area contributed by atoms with Gasteiger partial charge in [0.2, 0.25) is 0 Å². The SMILES string of the molecule is CCc1ccc(S(=O)(=O)N2CC(C)C(N)C2)s1. The molecular formula is C11H18N2O2S2. The zero-order valence-corrected chi connectivity index (χ0v) is 11.7. The fourth-order valence-corrected chi connectivity index (χ4v) is 4.98. The van der Waals surface area contributed by atoms with Gasteiger partial charge in [0, 0.05) is 24.0 Å². The van der Waals surface area contributed by atoms with Gasteiger partial charge in [0.25, 0.3) is 10.0 Å². The van der Waals surface area contributed by atoms with Crippen molar-refractivity contribution in [2.24, 2.45) is 11.7 Å². The van der Waals surface area contributed by atoms with Gasteiger partial charge in [-0.15, -0.1) is 11.3 Å². The zero-order valence-electron chi connectivity index (χ0n) is 10.1. The van der Waals surface area contributed by atoms with Crippen LogP contribution in [0.4, 0.5) is 0 Å². The monoisotopic (exact) mass is 274 g/mol. The first-order valence-electron chi connectivity index (χ1n) is 5.79. The third-order valence-electron chi connectivity index (χ3n) is 3.22. The van der Waals surface area contributed by atoms with Crippen LogP contribution in [0, 0.1) is 5.92 Å². The minimum Gasteiger partial charge on any atom is -0.326 e. The van der Waals surface area contributed by atoms with Gasteiger partial charge in [0.1, 0.15) is 4.21 Å². The van der Waals surface area contributed by atoms with Crippen molar-refractivity contribution in [1.29, 1.82) is 0 Å². The fraction of sp³-hybridized carbons (Fsp3) is 0.636. The first-order chi connectivity index (χ1) is 7.95. The highest BCUT2D eigenvalue weighted by atomic mass is 32.2. The molecule has 1 aliphatic rings. The maximum absolute atomic E-state index is 12.3. The van der Waals surface area contributed by atoms with E-state index in [1.54, 1.807) is 6.07 Å². The molecule has 0 spiro atoms. The lowest BCUT2D eigenvalue weighted by molar-refractivity contribution is 0.466. The van der Waals surface area contributed by atoms with Gasteiger partial charge < -0.3 is 5.73 Å². The number of nitrogens with two attached hydrogens (primary N) is 1. The van der Waals surface area contributed by atoms with Crippen LogP contribution in [-0.2, 0) is 16.4 Å². The molecule has 0 amide bonds. The van der Waals surface area contributed by atoms with Crippen LogP contribution >= 0.6 is 11.3 Å². The molecule has 2 unspecified atom stereocenters. The number of rotatable bonds is 3. The summed E-state index contributed by atoms with van der Waals surface area (Å²) in [4.78, 5) is 1.10. The summed E-state index contributed by atoms with van der Waals surface area (Å²) in [5, 5.41) is 0. The van der Waals surface area contributed by atoms with Gasteiger partial charge in [-0.3, -0.25) is 0 Å². The Bertz CT molecular complexity index is 485. The Hall–Kier alpha value is -0.430. The summed E-state index contributed by atoms with van der Waals surface area (Å²) in [6.45, 7) is 4.98. The number of hydrogen-bond acceptors (Lipinski definition) is 4. The van der Waals surface area contributed by atoms with Crippen LogP contribution in [0.3, 0.4) is 0 Å². The van der Waals surface area contributed by atoms with Gasteiger partial charge in [-0.25, -0.2) is 8.42 Å². The second-order valence-corrected chi connectivity index (χ2v) is 7.87. The largest absolute Gasteiger partial charge is 0.326 e. The molecule has 0 saturated carbocycles. The quantitative estimate of drug-likeness (QED) is 0.903. The Morgan fingerprint density at radius 1 is 1.47 bits per heavy atom. The normalized spacial score (nSPS) is 26.5. The second-order valence-electron chi connectivity index (χ2n) is 4.54. The van der Waals surface area contributed by atoms with E-state index in [2.05, 4.69) is 0 Å². The second kappa shape index (κ2) is 4.68. The van der Waals surface area contributed by atoms with E-state index in [1.807, 2.05) is 19.9 Å². The molecule has 2 heterocycles. The van der Waals surface area contributed by atoms with E-state index in [1.165, 1.54) is 15.6 Å². The number of aryl methyl sites for hydroxylation is 1. The lowest BCUT2D eigenvalue weighted by Gasteiger charge is -2.14. The average Bonchev–Trinajstić information content (AvgIpc) is 2.87. The molecule has 2 N–H and O–H groups in total. The van der Waals surface area contributed by atoms with E-state index >= 15 is 0 Å². The van der Waals surface area contributed by atoms with Crippen LogP contribution in [0.25, 0.3) is 0 Å². The number of thiophene rings is 1. The molecule has 17 heavy (non-hydrogen) atoms. The summed E-state index contributed by atoms with van der Waals surface area (Å²) < 4.78 is 26.6. The molecule has 2 rings (SSSR count). The summed E-state index contributed by atoms with van der Waals surface area (Å²) in [5.41, 5.74) is 5.87. The number of nitrogens with zero attached hydrogens (tertiary/aromatic N) is 1. The summed E-state index contributed by atoms with van der Waals surface area (Å²) >= 11 is 1.36. The summed E-state index contributed by atoms with van der Waals surface area (Å²) in [5.74, 6) is 0.232. The molecule has 4 nitrogen and oxygen atoms in total. The van der Waals surface area contributed by atoms with Crippen LogP contribution in [0.1, 0.15) is 18.7 Å². The van der Waals surface area contributed by atoms with Crippen molar-refractivity contribution in [2.75, 3.05) is 13.1 Å². The molecule has 0 aliphatic carbocycles. The van der Waals surface area contributed by atoms with Gasteiger partial charge >= 0.3 is 0 Å². The standard InChI is InChI=1S/C11H18N2O2S2/c1-3-9-4-5-11(16-9)17(14,15)13-6-8(2)10(12)7-13/h4-5,8,10H,3,6-7,12H2,1-2H3. The average molecular weight is 274 g/mol. The Morgan fingerprint density at radius 3 is 2.65 bits per heavy atom. The lowest BCUT2D eigenvalue weighted by atomic mass is 10.1. The molecule has 1 aliphatic heterocycles. The van der Waals surface area contributed by atoms with E-state index in [4.69, 9.17) is 5.73 Å². The molecule has 1 fully saturated rings. The van der Waals surface area contributed by atoms with E-state index in [0.29, 0.717) is 17.3 Å². The highest BCUT2D eigenvalue weighted by Gasteiger charge is 2.35. The third-order valence-corrected chi connectivity index (χ3v) is 6.75. The summed E-state index contributed by atoms with van der Waals surface area (Å²) in [6, 6.07) is 3.54. The van der Waals surface area contributed by atoms with Gasteiger partial charge in [0.15, 0.2) is 0 Å². The van der Waals surface area contributed by atoms with Crippen molar-refractivity contribution in [3.63, 3.8) is 0 Å². The molecule has 2 atom stereocenters. The maximum atomic E-state index is 12.3. The van der Waals surface area contributed by atoms with Gasteiger partial charge in [-0.1, -0.05) is 13.8 Å². The van der Waals surface area contributed by atoms with Crippen LogP contribution in [0.15, 0.2) is 16.3 Å². The number of hydrogen-bond donors (Lipinski definition) is 1. The highest BCUT2D eigenvalue weighted by molar-refractivity contribution is 7.91. The van der Waals surface area contributed by atoms with Crippen LogP contribution in [0.5, 0.6) is 0 Å². The Labute approximate surface area is 106 Å². The molecular weight excluding hydrogens is 256 g/mol. The summed E-state index contributed by atoms with van der Waals surface area (Å²) in [7, 11) is -3.32. The molecule has 0 radical (unpaired) electrons. The van der Waals surface area contributed by atoms with E-state index in [-0.39, 0.29) is 12.0 Å². The molecule has 1 aromatic heterocycles. The number of sulfonamides is 1. The molecule has 1 saturated heterocycles. The van der Waals surface area contributed by atoms with Crippen LogP contribution in [-0.4, -0.2) is 31.9 Å². The highest BCUT2D eigenvalue weighted by Crippen LogP contribution is 2.28. The van der Waals surface area contributed by atoms with Gasteiger partial charge in [-0.05, 0) is 24.5 Å². The zero-order chi connectivity index (χ0) is 12.6. The Morgan fingerprint density at radius 2 is 2.18 bits per heavy atom. The van der Waals surface area contributed by atoms with Crippen LogP contribution in [0.2, 0.25) is 0 Å². The van der Waals surface area contributed by atoms with E-state index in [9.17, 15) is 8.42 Å². The molecule has 6 heteroatoms. The Kier molecular flexibility index (Phi) is 3.58.